The summed E-state index contributed by atoms with van der Waals surface area (Å²) < 4.78 is 37.1. The lowest BCUT2D eigenvalue weighted by Gasteiger charge is -2.10. The Labute approximate surface area is 154 Å². The third kappa shape index (κ3) is 4.31. The van der Waals surface area contributed by atoms with Crippen molar-refractivity contribution < 1.29 is 28.2 Å². The highest BCUT2D eigenvalue weighted by molar-refractivity contribution is 5.99. The number of halogens is 2. The van der Waals surface area contributed by atoms with E-state index in [4.69, 9.17) is 9.47 Å². The van der Waals surface area contributed by atoms with E-state index in [0.29, 0.717) is 17.2 Å². The van der Waals surface area contributed by atoms with Gasteiger partial charge in [-0.25, -0.2) is 18.6 Å². The van der Waals surface area contributed by atoms with Crippen LogP contribution >= 0.6 is 0 Å². The van der Waals surface area contributed by atoms with Gasteiger partial charge in [0.15, 0.2) is 11.4 Å². The van der Waals surface area contributed by atoms with Crippen LogP contribution in [-0.4, -0.2) is 22.7 Å². The molecule has 0 aliphatic heterocycles. The summed E-state index contributed by atoms with van der Waals surface area (Å²) in [5.74, 6) is -2.39. The van der Waals surface area contributed by atoms with Crippen molar-refractivity contribution in [2.24, 2.45) is 0 Å². The zero-order chi connectivity index (χ0) is 19.4. The van der Waals surface area contributed by atoms with Gasteiger partial charge in [0, 0.05) is 35.2 Å². The van der Waals surface area contributed by atoms with Gasteiger partial charge in [0.1, 0.15) is 23.1 Å². The highest BCUT2D eigenvalue weighted by atomic mass is 19.1. The Bertz CT molecular complexity index is 971. The van der Waals surface area contributed by atoms with Crippen molar-refractivity contribution in [3.63, 3.8) is 0 Å². The summed E-state index contributed by atoms with van der Waals surface area (Å²) >= 11 is 0. The number of benzene rings is 2. The van der Waals surface area contributed by atoms with Crippen LogP contribution in [0.2, 0.25) is 0 Å². The van der Waals surface area contributed by atoms with Gasteiger partial charge in [0.25, 0.3) is 0 Å². The van der Waals surface area contributed by atoms with Crippen LogP contribution in [0.4, 0.5) is 8.78 Å². The molecule has 0 saturated carbocycles. The van der Waals surface area contributed by atoms with Crippen molar-refractivity contribution in [1.82, 2.24) is 4.98 Å². The first-order valence-corrected chi connectivity index (χ1v) is 8.40. The summed E-state index contributed by atoms with van der Waals surface area (Å²) in [5.41, 5.74) is -0.201. The molecule has 0 unspecified atom stereocenters. The number of hydrogen-bond acceptors (Lipinski definition) is 5. The molecule has 2 aromatic carbocycles. The van der Waals surface area contributed by atoms with Crippen LogP contribution in [0, 0.1) is 11.6 Å². The molecule has 3 rings (SSSR count). The van der Waals surface area contributed by atoms with Crippen LogP contribution in [-0.2, 0) is 4.74 Å². The maximum atomic E-state index is 13.3. The molecule has 3 aromatic rings. The number of aromatic nitrogens is 1. The number of carbonyl (C=O) groups is 1. The second kappa shape index (κ2) is 7.99. The molecule has 0 bridgehead atoms. The van der Waals surface area contributed by atoms with Gasteiger partial charge >= 0.3 is 5.97 Å². The number of unbranched alkanes of at least 4 members (excludes halogenated alkanes) is 1. The molecule has 0 radical (unpaired) electrons. The van der Waals surface area contributed by atoms with Crippen LogP contribution in [0.15, 0.2) is 42.6 Å². The summed E-state index contributed by atoms with van der Waals surface area (Å²) in [5, 5.41) is 11.3. The number of esters is 1. The lowest BCUT2D eigenvalue weighted by atomic mass is 10.1. The van der Waals surface area contributed by atoms with Gasteiger partial charge in [-0.3, -0.25) is 0 Å². The van der Waals surface area contributed by atoms with Crippen molar-refractivity contribution in [2.75, 3.05) is 6.61 Å². The minimum atomic E-state index is -0.769. The Balaban J connectivity index is 1.91. The molecule has 0 saturated heterocycles. The fourth-order valence-corrected chi connectivity index (χ4v) is 2.49. The van der Waals surface area contributed by atoms with Gasteiger partial charge < -0.3 is 14.6 Å². The standard InChI is InChI=1S/C20H17F2NO4/c1-2-3-6-26-20(25)18-19(24)17-10-15(5-4-12(17)11-23-18)27-16-8-13(21)7-14(22)9-16/h4-5,7-11,24H,2-3,6H2,1H3. The van der Waals surface area contributed by atoms with Crippen LogP contribution in [0.3, 0.4) is 0 Å². The third-order valence-electron chi connectivity index (χ3n) is 3.83. The first kappa shape index (κ1) is 18.6. The Morgan fingerprint density at radius 3 is 2.56 bits per heavy atom. The number of hydrogen-bond donors (Lipinski definition) is 1. The Morgan fingerprint density at radius 1 is 1.11 bits per heavy atom. The SMILES string of the molecule is CCCCOC(=O)c1ncc2ccc(Oc3cc(F)cc(F)c3)cc2c1O. The second-order valence-electron chi connectivity index (χ2n) is 5.90. The average molecular weight is 373 g/mol. The van der Waals surface area contributed by atoms with E-state index < -0.39 is 17.6 Å². The minimum Gasteiger partial charge on any atom is -0.505 e. The van der Waals surface area contributed by atoms with Crippen LogP contribution < -0.4 is 4.74 Å². The highest BCUT2D eigenvalue weighted by Crippen LogP contribution is 2.32. The molecule has 5 nitrogen and oxygen atoms in total. The zero-order valence-electron chi connectivity index (χ0n) is 14.5. The molecule has 7 heteroatoms. The van der Waals surface area contributed by atoms with E-state index in [9.17, 15) is 18.7 Å². The average Bonchev–Trinajstić information content (AvgIpc) is 2.61. The van der Waals surface area contributed by atoms with Crippen molar-refractivity contribution in [2.45, 2.75) is 19.8 Å². The van der Waals surface area contributed by atoms with Crippen LogP contribution in [0.1, 0.15) is 30.3 Å². The second-order valence-corrected chi connectivity index (χ2v) is 5.90. The third-order valence-corrected chi connectivity index (χ3v) is 3.83. The zero-order valence-corrected chi connectivity index (χ0v) is 14.5. The molecule has 140 valence electrons. The molecular formula is C20H17F2NO4. The Morgan fingerprint density at radius 2 is 1.85 bits per heavy atom. The Hall–Kier alpha value is -3.22. The number of aromatic hydroxyl groups is 1. The van der Waals surface area contributed by atoms with E-state index in [2.05, 4.69) is 4.98 Å². The highest BCUT2D eigenvalue weighted by Gasteiger charge is 2.17. The molecule has 0 aliphatic carbocycles. The van der Waals surface area contributed by atoms with E-state index in [0.717, 1.165) is 24.6 Å². The molecule has 1 N–H and O–H groups in total. The number of carbonyl (C=O) groups excluding carboxylic acids is 1. The van der Waals surface area contributed by atoms with Gasteiger partial charge in [0.05, 0.1) is 6.61 Å². The van der Waals surface area contributed by atoms with Gasteiger partial charge in [-0.2, -0.15) is 0 Å². The molecule has 0 fully saturated rings. The van der Waals surface area contributed by atoms with Crippen molar-refractivity contribution in [3.05, 3.63) is 59.9 Å². The number of rotatable bonds is 6. The normalized spacial score (nSPS) is 10.8. The number of nitrogens with zero attached hydrogens (tertiary/aromatic N) is 1. The molecule has 0 aliphatic rings. The predicted octanol–water partition coefficient (Wildman–Crippen LogP) is 4.97. The number of fused-ring (bicyclic) bond motifs is 1. The molecule has 0 amide bonds. The summed E-state index contributed by atoms with van der Waals surface area (Å²) in [6.07, 6.45) is 3.01. The van der Waals surface area contributed by atoms with Gasteiger partial charge in [-0.15, -0.1) is 0 Å². The molecule has 1 aromatic heterocycles. The molecule has 1 heterocycles. The van der Waals surface area contributed by atoms with E-state index in [1.165, 1.54) is 12.3 Å². The van der Waals surface area contributed by atoms with E-state index in [1.807, 2.05) is 6.92 Å². The maximum absolute atomic E-state index is 13.3. The first-order valence-electron chi connectivity index (χ1n) is 8.40. The largest absolute Gasteiger partial charge is 0.505 e. The molecule has 0 spiro atoms. The maximum Gasteiger partial charge on any atom is 0.360 e. The molecular weight excluding hydrogens is 356 g/mol. The van der Waals surface area contributed by atoms with Gasteiger partial charge in [0.2, 0.25) is 0 Å². The van der Waals surface area contributed by atoms with Crippen molar-refractivity contribution in [1.29, 1.82) is 0 Å². The fraction of sp³-hybridized carbons (Fsp3) is 0.200. The lowest BCUT2D eigenvalue weighted by Crippen LogP contribution is -2.08. The Kier molecular flexibility index (Phi) is 5.49. The fourth-order valence-electron chi connectivity index (χ4n) is 2.49. The summed E-state index contributed by atoms with van der Waals surface area (Å²) in [4.78, 5) is 16.0. The smallest absolute Gasteiger partial charge is 0.360 e. The molecule has 27 heavy (non-hydrogen) atoms. The topological polar surface area (TPSA) is 68.7 Å². The van der Waals surface area contributed by atoms with E-state index in [1.54, 1.807) is 12.1 Å². The summed E-state index contributed by atoms with van der Waals surface area (Å²) in [7, 11) is 0. The summed E-state index contributed by atoms with van der Waals surface area (Å²) in [6, 6.07) is 7.44. The minimum absolute atomic E-state index is 0.0282. The number of pyridine rings is 1. The lowest BCUT2D eigenvalue weighted by molar-refractivity contribution is 0.0489. The van der Waals surface area contributed by atoms with E-state index in [-0.39, 0.29) is 29.5 Å². The first-order chi connectivity index (χ1) is 13.0. The van der Waals surface area contributed by atoms with Gasteiger partial charge in [-0.05, 0) is 24.6 Å². The number of ether oxygens (including phenoxy) is 2. The quantitative estimate of drug-likeness (QED) is 0.488. The monoisotopic (exact) mass is 373 g/mol. The van der Waals surface area contributed by atoms with Crippen LogP contribution in [0.25, 0.3) is 10.8 Å². The summed E-state index contributed by atoms with van der Waals surface area (Å²) in [6.45, 7) is 2.20. The van der Waals surface area contributed by atoms with Crippen molar-refractivity contribution in [3.8, 4) is 17.2 Å². The predicted molar refractivity (Wildman–Crippen MR) is 95.0 cm³/mol. The van der Waals surface area contributed by atoms with E-state index >= 15 is 0 Å². The van der Waals surface area contributed by atoms with Crippen molar-refractivity contribution >= 4 is 16.7 Å². The van der Waals surface area contributed by atoms with Gasteiger partial charge in [-0.1, -0.05) is 13.3 Å². The molecule has 0 atom stereocenters. The van der Waals surface area contributed by atoms with Crippen LogP contribution in [0.5, 0.6) is 17.2 Å².